The van der Waals surface area contributed by atoms with E-state index in [1.165, 1.54) is 12.1 Å². The third kappa shape index (κ3) is 4.41. The summed E-state index contributed by atoms with van der Waals surface area (Å²) in [7, 11) is 1.71. The lowest BCUT2D eigenvalue weighted by molar-refractivity contribution is 0.0588. The van der Waals surface area contributed by atoms with Crippen LogP contribution >= 0.6 is 0 Å². The molecule has 1 fully saturated rings. The molecule has 1 aliphatic rings. The monoisotopic (exact) mass is 333 g/mol. The molecule has 3 rings (SSSR count). The van der Waals surface area contributed by atoms with E-state index in [-0.39, 0.29) is 5.82 Å². The van der Waals surface area contributed by atoms with Gasteiger partial charge in [0.2, 0.25) is 0 Å². The number of hydrogen-bond acceptors (Lipinski definition) is 4. The van der Waals surface area contributed by atoms with Gasteiger partial charge in [-0.05, 0) is 37.1 Å². The Kier molecular flexibility index (Phi) is 5.96. The molecule has 24 heavy (non-hydrogen) atoms. The van der Waals surface area contributed by atoms with Gasteiger partial charge < -0.3 is 9.47 Å². The van der Waals surface area contributed by atoms with E-state index in [1.807, 2.05) is 6.20 Å². The van der Waals surface area contributed by atoms with Gasteiger partial charge >= 0.3 is 0 Å². The molecule has 0 saturated carbocycles. The van der Waals surface area contributed by atoms with Gasteiger partial charge in [0.05, 0.1) is 24.6 Å². The van der Waals surface area contributed by atoms with Crippen molar-refractivity contribution in [3.05, 3.63) is 41.8 Å². The maximum Gasteiger partial charge on any atom is 0.123 e. The molecule has 0 spiro atoms. The van der Waals surface area contributed by atoms with Gasteiger partial charge in [0.1, 0.15) is 5.82 Å². The molecule has 1 saturated heterocycles. The largest absolute Gasteiger partial charge is 0.383 e. The number of hydrogen-bond donors (Lipinski definition) is 1. The number of rotatable bonds is 8. The SMILES string of the molecule is COCCN(Cc1cn[nH]c1-c1ccc(F)cc1)C[C@@H]1CCCO1. The normalized spacial score (nSPS) is 17.7. The molecule has 1 N–H and O–H groups in total. The van der Waals surface area contributed by atoms with Gasteiger partial charge in [0.15, 0.2) is 0 Å². The highest BCUT2D eigenvalue weighted by Crippen LogP contribution is 2.23. The molecule has 2 heterocycles. The first-order chi connectivity index (χ1) is 11.8. The van der Waals surface area contributed by atoms with E-state index in [0.717, 1.165) is 55.9 Å². The van der Waals surface area contributed by atoms with Crippen LogP contribution in [0.5, 0.6) is 0 Å². The summed E-state index contributed by atoms with van der Waals surface area (Å²) in [5.41, 5.74) is 2.97. The number of halogens is 1. The molecule has 130 valence electrons. The molecular weight excluding hydrogens is 309 g/mol. The minimum absolute atomic E-state index is 0.236. The van der Waals surface area contributed by atoms with Gasteiger partial charge in [0, 0.05) is 44.5 Å². The van der Waals surface area contributed by atoms with E-state index in [2.05, 4.69) is 15.1 Å². The van der Waals surface area contributed by atoms with Gasteiger partial charge in [-0.15, -0.1) is 0 Å². The van der Waals surface area contributed by atoms with Gasteiger partial charge in [-0.3, -0.25) is 10.00 Å². The number of nitrogens with one attached hydrogen (secondary N) is 1. The Morgan fingerprint density at radius 2 is 2.21 bits per heavy atom. The van der Waals surface area contributed by atoms with Crippen molar-refractivity contribution in [3.63, 3.8) is 0 Å². The molecule has 0 radical (unpaired) electrons. The molecule has 0 amide bonds. The molecule has 0 unspecified atom stereocenters. The van der Waals surface area contributed by atoms with Crippen LogP contribution in [-0.4, -0.2) is 54.6 Å². The fourth-order valence-electron chi connectivity index (χ4n) is 3.07. The van der Waals surface area contributed by atoms with Crippen LogP contribution in [0.4, 0.5) is 4.39 Å². The van der Waals surface area contributed by atoms with E-state index in [1.54, 1.807) is 19.2 Å². The zero-order valence-corrected chi connectivity index (χ0v) is 14.0. The summed E-state index contributed by atoms with van der Waals surface area (Å²) < 4.78 is 24.1. The van der Waals surface area contributed by atoms with Crippen molar-refractivity contribution in [2.75, 3.05) is 33.4 Å². The molecule has 6 heteroatoms. The van der Waals surface area contributed by atoms with E-state index < -0.39 is 0 Å². The number of ether oxygens (including phenoxy) is 2. The lowest BCUT2D eigenvalue weighted by Crippen LogP contribution is -2.34. The highest BCUT2D eigenvalue weighted by atomic mass is 19.1. The van der Waals surface area contributed by atoms with Crippen LogP contribution in [0.15, 0.2) is 30.5 Å². The van der Waals surface area contributed by atoms with Crippen molar-refractivity contribution in [1.29, 1.82) is 0 Å². The van der Waals surface area contributed by atoms with Crippen molar-refractivity contribution >= 4 is 0 Å². The summed E-state index contributed by atoms with van der Waals surface area (Å²) in [5, 5.41) is 7.21. The molecule has 1 atom stereocenters. The zero-order valence-electron chi connectivity index (χ0n) is 14.0. The minimum Gasteiger partial charge on any atom is -0.383 e. The molecule has 5 nitrogen and oxygen atoms in total. The van der Waals surface area contributed by atoms with Gasteiger partial charge in [0.25, 0.3) is 0 Å². The number of benzene rings is 1. The van der Waals surface area contributed by atoms with Crippen molar-refractivity contribution in [2.24, 2.45) is 0 Å². The van der Waals surface area contributed by atoms with Gasteiger partial charge in [-0.1, -0.05) is 0 Å². The second kappa shape index (κ2) is 8.37. The van der Waals surface area contributed by atoms with Crippen molar-refractivity contribution in [3.8, 4) is 11.3 Å². The highest BCUT2D eigenvalue weighted by Gasteiger charge is 2.20. The third-order valence-electron chi connectivity index (χ3n) is 4.34. The molecule has 1 aromatic heterocycles. The summed E-state index contributed by atoms with van der Waals surface area (Å²) in [6, 6.07) is 6.47. The van der Waals surface area contributed by atoms with Crippen LogP contribution in [0.25, 0.3) is 11.3 Å². The molecule has 0 bridgehead atoms. The standard InChI is InChI=1S/C18H24FN3O2/c1-23-10-8-22(13-17-3-2-9-24-17)12-15-11-20-21-18(15)14-4-6-16(19)7-5-14/h4-7,11,17H,2-3,8-10,12-13H2,1H3,(H,20,21)/t17-/m0/s1. The van der Waals surface area contributed by atoms with Crippen LogP contribution in [0.3, 0.4) is 0 Å². The minimum atomic E-state index is -0.236. The summed E-state index contributed by atoms with van der Waals surface area (Å²) >= 11 is 0. The van der Waals surface area contributed by atoms with Gasteiger partial charge in [-0.2, -0.15) is 5.10 Å². The number of H-pyrrole nitrogens is 1. The molecule has 1 aromatic carbocycles. The Hall–Kier alpha value is -1.76. The van der Waals surface area contributed by atoms with Crippen molar-refractivity contribution in [1.82, 2.24) is 15.1 Å². The molecule has 1 aliphatic heterocycles. The predicted molar refractivity (Wildman–Crippen MR) is 90.1 cm³/mol. The first kappa shape index (κ1) is 17.1. The van der Waals surface area contributed by atoms with E-state index in [4.69, 9.17) is 9.47 Å². The number of nitrogens with zero attached hydrogens (tertiary/aromatic N) is 2. The van der Waals surface area contributed by atoms with Crippen LogP contribution in [-0.2, 0) is 16.0 Å². The zero-order chi connectivity index (χ0) is 16.8. The number of methoxy groups -OCH3 is 1. The smallest absolute Gasteiger partial charge is 0.123 e. The van der Waals surface area contributed by atoms with Crippen molar-refractivity contribution in [2.45, 2.75) is 25.5 Å². The molecule has 2 aromatic rings. The topological polar surface area (TPSA) is 50.4 Å². The van der Waals surface area contributed by atoms with E-state index in [9.17, 15) is 4.39 Å². The maximum atomic E-state index is 13.1. The first-order valence-corrected chi connectivity index (χ1v) is 8.37. The lowest BCUT2D eigenvalue weighted by atomic mass is 10.1. The van der Waals surface area contributed by atoms with Crippen LogP contribution in [0.2, 0.25) is 0 Å². The number of aromatic nitrogens is 2. The van der Waals surface area contributed by atoms with E-state index in [0.29, 0.717) is 12.7 Å². The van der Waals surface area contributed by atoms with Crippen LogP contribution in [0, 0.1) is 5.82 Å². The van der Waals surface area contributed by atoms with Gasteiger partial charge in [-0.25, -0.2) is 4.39 Å². The van der Waals surface area contributed by atoms with Crippen LogP contribution in [0.1, 0.15) is 18.4 Å². The fraction of sp³-hybridized carbons (Fsp3) is 0.500. The van der Waals surface area contributed by atoms with Crippen LogP contribution < -0.4 is 0 Å². The average molecular weight is 333 g/mol. The Balaban J connectivity index is 1.71. The summed E-state index contributed by atoms with van der Waals surface area (Å²) in [4.78, 5) is 2.33. The fourth-order valence-corrected chi connectivity index (χ4v) is 3.07. The highest BCUT2D eigenvalue weighted by molar-refractivity contribution is 5.62. The summed E-state index contributed by atoms with van der Waals surface area (Å²) in [6.07, 6.45) is 4.38. The number of aromatic amines is 1. The van der Waals surface area contributed by atoms with Crippen molar-refractivity contribution < 1.29 is 13.9 Å². The second-order valence-corrected chi connectivity index (χ2v) is 6.14. The quantitative estimate of drug-likeness (QED) is 0.807. The van der Waals surface area contributed by atoms with E-state index >= 15 is 0 Å². The lowest BCUT2D eigenvalue weighted by Gasteiger charge is -2.24. The summed E-state index contributed by atoms with van der Waals surface area (Å²) in [5.74, 6) is -0.236. The Labute approximate surface area is 141 Å². The first-order valence-electron chi connectivity index (χ1n) is 8.37. The molecular formula is C18H24FN3O2. The third-order valence-corrected chi connectivity index (χ3v) is 4.34. The maximum absolute atomic E-state index is 13.1. The summed E-state index contributed by atoms with van der Waals surface area (Å²) in [6.45, 7) is 4.01. The Bertz CT molecular complexity index is 623. The molecule has 0 aliphatic carbocycles. The Morgan fingerprint density at radius 3 is 2.92 bits per heavy atom. The second-order valence-electron chi connectivity index (χ2n) is 6.14. The Morgan fingerprint density at radius 1 is 1.38 bits per heavy atom. The average Bonchev–Trinajstić information content (AvgIpc) is 3.25. The predicted octanol–water partition coefficient (Wildman–Crippen LogP) is 2.84.